The molecule has 0 aromatic heterocycles. The summed E-state index contributed by atoms with van der Waals surface area (Å²) in [5.41, 5.74) is 8.55. The molecule has 28 heavy (non-hydrogen) atoms. The molecule has 2 aromatic carbocycles. The third-order valence-electron chi connectivity index (χ3n) is 5.68. The standard InChI is InChI=1S/C22H27FN4O/c23-18-8-6-17(7-9-18)20-14-21(26-25-20)22(28)24-19-10-12-27(13-11-19)15-16-4-2-1-3-5-16/h1-9,19-21,25-26H,10-15H2,(H,24,28). The maximum atomic E-state index is 13.1. The van der Waals surface area contributed by atoms with Gasteiger partial charge in [0.25, 0.3) is 0 Å². The first-order valence-electron chi connectivity index (χ1n) is 10.0. The van der Waals surface area contributed by atoms with Gasteiger partial charge in [0.05, 0.1) is 0 Å². The molecule has 0 saturated carbocycles. The molecule has 2 aromatic rings. The van der Waals surface area contributed by atoms with Crippen LogP contribution in [0.5, 0.6) is 0 Å². The van der Waals surface area contributed by atoms with E-state index in [1.165, 1.54) is 17.7 Å². The average Bonchev–Trinajstić information content (AvgIpc) is 3.21. The van der Waals surface area contributed by atoms with Crippen molar-refractivity contribution in [1.82, 2.24) is 21.1 Å². The van der Waals surface area contributed by atoms with Gasteiger partial charge in [0.15, 0.2) is 0 Å². The Balaban J connectivity index is 1.22. The number of piperidine rings is 1. The predicted octanol–water partition coefficient (Wildman–Crippen LogP) is 2.51. The minimum Gasteiger partial charge on any atom is -0.352 e. The normalized spacial score (nSPS) is 23.6. The van der Waals surface area contributed by atoms with Crippen molar-refractivity contribution < 1.29 is 9.18 Å². The Morgan fingerprint density at radius 1 is 1.04 bits per heavy atom. The summed E-state index contributed by atoms with van der Waals surface area (Å²) < 4.78 is 13.1. The second kappa shape index (κ2) is 8.82. The third-order valence-corrected chi connectivity index (χ3v) is 5.68. The molecule has 3 N–H and O–H groups in total. The quantitative estimate of drug-likeness (QED) is 0.744. The van der Waals surface area contributed by atoms with Crippen LogP contribution in [0.3, 0.4) is 0 Å². The number of likely N-dealkylation sites (tertiary alicyclic amines) is 1. The van der Waals surface area contributed by atoms with Crippen LogP contribution in [0.25, 0.3) is 0 Å². The monoisotopic (exact) mass is 382 g/mol. The lowest BCUT2D eigenvalue weighted by atomic mass is 10.0. The van der Waals surface area contributed by atoms with Crippen LogP contribution in [0.2, 0.25) is 0 Å². The number of carbonyl (C=O) groups excluding carboxylic acids is 1. The smallest absolute Gasteiger partial charge is 0.238 e. The van der Waals surface area contributed by atoms with E-state index >= 15 is 0 Å². The van der Waals surface area contributed by atoms with Crippen molar-refractivity contribution in [2.24, 2.45) is 0 Å². The van der Waals surface area contributed by atoms with Crippen LogP contribution in [-0.2, 0) is 11.3 Å². The molecule has 2 aliphatic rings. The Morgan fingerprint density at radius 3 is 2.46 bits per heavy atom. The van der Waals surface area contributed by atoms with Crippen molar-refractivity contribution in [2.75, 3.05) is 13.1 Å². The van der Waals surface area contributed by atoms with Crippen LogP contribution in [-0.4, -0.2) is 36.0 Å². The molecule has 5 nitrogen and oxygen atoms in total. The SMILES string of the molecule is O=C(NC1CCN(Cc2ccccc2)CC1)C1CC(c2ccc(F)cc2)NN1. The number of nitrogens with one attached hydrogen (secondary N) is 3. The summed E-state index contributed by atoms with van der Waals surface area (Å²) in [6, 6.07) is 16.9. The summed E-state index contributed by atoms with van der Waals surface area (Å²) in [6.45, 7) is 2.96. The van der Waals surface area contributed by atoms with Crippen LogP contribution in [0, 0.1) is 5.82 Å². The fourth-order valence-corrected chi connectivity index (χ4v) is 4.02. The van der Waals surface area contributed by atoms with Crippen molar-refractivity contribution >= 4 is 5.91 Å². The Kier molecular flexibility index (Phi) is 6.00. The lowest BCUT2D eigenvalue weighted by Gasteiger charge is -2.32. The molecule has 0 aliphatic carbocycles. The minimum atomic E-state index is -0.266. The largest absolute Gasteiger partial charge is 0.352 e. The van der Waals surface area contributed by atoms with Crippen molar-refractivity contribution in [3.63, 3.8) is 0 Å². The Bertz CT molecular complexity index is 775. The van der Waals surface area contributed by atoms with Crippen LogP contribution in [0.1, 0.15) is 36.4 Å². The molecule has 0 radical (unpaired) electrons. The zero-order valence-corrected chi connectivity index (χ0v) is 15.9. The Labute approximate surface area is 165 Å². The summed E-state index contributed by atoms with van der Waals surface area (Å²) >= 11 is 0. The first kappa shape index (κ1) is 19.1. The van der Waals surface area contributed by atoms with Crippen molar-refractivity contribution in [1.29, 1.82) is 0 Å². The Hall–Kier alpha value is -2.28. The summed E-state index contributed by atoms with van der Waals surface area (Å²) in [5.74, 6) is -0.207. The molecule has 0 bridgehead atoms. The second-order valence-corrected chi connectivity index (χ2v) is 7.73. The van der Waals surface area contributed by atoms with E-state index in [2.05, 4.69) is 45.3 Å². The number of amides is 1. The van der Waals surface area contributed by atoms with E-state index in [4.69, 9.17) is 0 Å². The van der Waals surface area contributed by atoms with E-state index in [1.54, 1.807) is 12.1 Å². The first-order chi connectivity index (χ1) is 13.7. The average molecular weight is 382 g/mol. The fourth-order valence-electron chi connectivity index (χ4n) is 4.02. The van der Waals surface area contributed by atoms with Crippen LogP contribution in [0.4, 0.5) is 4.39 Å². The molecule has 6 heteroatoms. The highest BCUT2D eigenvalue weighted by Gasteiger charge is 2.31. The van der Waals surface area contributed by atoms with Gasteiger partial charge in [-0.05, 0) is 42.5 Å². The number of halogens is 1. The van der Waals surface area contributed by atoms with Gasteiger partial charge in [0, 0.05) is 31.7 Å². The third kappa shape index (κ3) is 4.76. The molecule has 4 rings (SSSR count). The van der Waals surface area contributed by atoms with Crippen LogP contribution >= 0.6 is 0 Å². The molecule has 0 spiro atoms. The van der Waals surface area contributed by atoms with Crippen molar-refractivity contribution in [2.45, 2.75) is 43.9 Å². The van der Waals surface area contributed by atoms with Gasteiger partial charge >= 0.3 is 0 Å². The summed E-state index contributed by atoms with van der Waals surface area (Å²) in [7, 11) is 0. The zero-order valence-electron chi connectivity index (χ0n) is 15.9. The van der Waals surface area contributed by atoms with E-state index in [-0.39, 0.29) is 29.8 Å². The molecule has 2 atom stereocenters. The van der Waals surface area contributed by atoms with Crippen LogP contribution in [0.15, 0.2) is 54.6 Å². The first-order valence-corrected chi connectivity index (χ1v) is 10.0. The number of hydrogen-bond acceptors (Lipinski definition) is 4. The van der Waals surface area contributed by atoms with Gasteiger partial charge < -0.3 is 5.32 Å². The predicted molar refractivity (Wildman–Crippen MR) is 107 cm³/mol. The topological polar surface area (TPSA) is 56.4 Å². The highest BCUT2D eigenvalue weighted by molar-refractivity contribution is 5.82. The van der Waals surface area contributed by atoms with Gasteiger partial charge in [-0.25, -0.2) is 15.2 Å². The lowest BCUT2D eigenvalue weighted by molar-refractivity contribution is -0.123. The highest BCUT2D eigenvalue weighted by atomic mass is 19.1. The Morgan fingerprint density at radius 2 is 1.75 bits per heavy atom. The van der Waals surface area contributed by atoms with Gasteiger partial charge in [0.2, 0.25) is 5.91 Å². The maximum Gasteiger partial charge on any atom is 0.238 e. The van der Waals surface area contributed by atoms with E-state index in [1.807, 2.05) is 6.07 Å². The maximum absolute atomic E-state index is 13.1. The fraction of sp³-hybridized carbons (Fsp3) is 0.409. The van der Waals surface area contributed by atoms with E-state index < -0.39 is 0 Å². The molecule has 2 saturated heterocycles. The summed E-state index contributed by atoms with van der Waals surface area (Å²) in [4.78, 5) is 15.1. The minimum absolute atomic E-state index is 0.0177. The van der Waals surface area contributed by atoms with Gasteiger partial charge in [-0.15, -0.1) is 0 Å². The van der Waals surface area contributed by atoms with Crippen molar-refractivity contribution in [3.05, 3.63) is 71.5 Å². The van der Waals surface area contributed by atoms with Crippen molar-refractivity contribution in [3.8, 4) is 0 Å². The number of nitrogens with zero attached hydrogens (tertiary/aromatic N) is 1. The molecular weight excluding hydrogens is 355 g/mol. The molecule has 1 amide bonds. The molecule has 148 valence electrons. The molecule has 2 heterocycles. The van der Waals surface area contributed by atoms with Gasteiger partial charge in [-0.1, -0.05) is 42.5 Å². The van der Waals surface area contributed by atoms with E-state index in [0.717, 1.165) is 38.0 Å². The molecule has 2 fully saturated rings. The second-order valence-electron chi connectivity index (χ2n) is 7.73. The number of hydrazine groups is 1. The number of hydrogen-bond donors (Lipinski definition) is 3. The van der Waals surface area contributed by atoms with Crippen LogP contribution < -0.4 is 16.2 Å². The van der Waals surface area contributed by atoms with Gasteiger partial charge in [0.1, 0.15) is 11.9 Å². The number of benzene rings is 2. The molecule has 2 unspecified atom stereocenters. The molecule has 2 aliphatic heterocycles. The number of rotatable bonds is 5. The van der Waals surface area contributed by atoms with E-state index in [0.29, 0.717) is 6.42 Å². The summed E-state index contributed by atoms with van der Waals surface area (Å²) in [6.07, 6.45) is 2.60. The highest BCUT2D eigenvalue weighted by Crippen LogP contribution is 2.23. The zero-order chi connectivity index (χ0) is 19.3. The number of carbonyl (C=O) groups is 1. The summed E-state index contributed by atoms with van der Waals surface area (Å²) in [5, 5.41) is 3.20. The lowest BCUT2D eigenvalue weighted by Crippen LogP contribution is -2.50. The van der Waals surface area contributed by atoms with Gasteiger partial charge in [-0.2, -0.15) is 0 Å². The van der Waals surface area contributed by atoms with Gasteiger partial charge in [-0.3, -0.25) is 9.69 Å². The molecular formula is C22H27FN4O. The van der Waals surface area contributed by atoms with E-state index in [9.17, 15) is 9.18 Å².